The van der Waals surface area contributed by atoms with Gasteiger partial charge in [-0.15, -0.1) is 0 Å². The van der Waals surface area contributed by atoms with E-state index in [0.717, 1.165) is 5.75 Å². The minimum Gasteiger partial charge on any atom is -0.497 e. The van der Waals surface area contributed by atoms with Crippen molar-refractivity contribution in [3.63, 3.8) is 0 Å². The average Bonchev–Trinajstić information content (AvgIpc) is 2.05. The van der Waals surface area contributed by atoms with Gasteiger partial charge >= 0.3 is 0 Å². The van der Waals surface area contributed by atoms with Crippen molar-refractivity contribution in [2.24, 2.45) is 0 Å². The second-order valence-electron chi connectivity index (χ2n) is 1.77. The fourth-order valence-electron chi connectivity index (χ4n) is 0.658. The first-order valence-corrected chi connectivity index (χ1v) is 3.19. The first-order valence-electron chi connectivity index (χ1n) is 2.82. The molecule has 0 radical (unpaired) electrons. The van der Waals surface area contributed by atoms with Crippen molar-refractivity contribution in [3.05, 3.63) is 24.3 Å². The summed E-state index contributed by atoms with van der Waals surface area (Å²) in [5.74, 6) is 1.45. The highest BCUT2D eigenvalue weighted by Crippen LogP contribution is 2.19. The molecule has 0 spiro atoms. The van der Waals surface area contributed by atoms with Gasteiger partial charge in [-0.05, 0) is 12.1 Å². The maximum absolute atomic E-state index is 4.94. The van der Waals surface area contributed by atoms with Crippen LogP contribution in [0.15, 0.2) is 24.3 Å². The van der Waals surface area contributed by atoms with Crippen molar-refractivity contribution in [3.8, 4) is 11.5 Å². The molecule has 54 valence electrons. The van der Waals surface area contributed by atoms with E-state index >= 15 is 0 Å². The van der Waals surface area contributed by atoms with Crippen LogP contribution < -0.4 is 8.92 Å². The van der Waals surface area contributed by atoms with E-state index < -0.39 is 0 Å². The van der Waals surface area contributed by atoms with Crippen LogP contribution in [0.25, 0.3) is 0 Å². The Hall–Kier alpha value is -0.830. The Kier molecular flexibility index (Phi) is 2.45. The van der Waals surface area contributed by atoms with Crippen molar-refractivity contribution >= 4 is 12.9 Å². The van der Waals surface area contributed by atoms with Gasteiger partial charge in [0.15, 0.2) is 0 Å². The van der Waals surface area contributed by atoms with Gasteiger partial charge in [0.1, 0.15) is 11.5 Å². The van der Waals surface area contributed by atoms with Crippen LogP contribution >= 0.6 is 12.9 Å². The highest BCUT2D eigenvalue weighted by molar-refractivity contribution is 7.75. The van der Waals surface area contributed by atoms with Crippen LogP contribution in [0.5, 0.6) is 11.5 Å². The predicted octanol–water partition coefficient (Wildman–Crippen LogP) is 1.92. The maximum atomic E-state index is 4.94. The normalized spacial score (nSPS) is 9.00. The Morgan fingerprint density at radius 2 is 2.00 bits per heavy atom. The first kappa shape index (κ1) is 7.28. The summed E-state index contributed by atoms with van der Waals surface area (Å²) in [7, 11) is 1.61. The van der Waals surface area contributed by atoms with E-state index in [2.05, 4.69) is 17.1 Å². The van der Waals surface area contributed by atoms with E-state index in [1.54, 1.807) is 19.2 Å². The SMILES string of the molecule is COc1cccc(OS)c1. The molecule has 1 aromatic rings. The molecule has 0 aliphatic heterocycles. The number of thiol groups is 1. The topological polar surface area (TPSA) is 18.5 Å². The van der Waals surface area contributed by atoms with Gasteiger partial charge in [-0.3, -0.25) is 0 Å². The lowest BCUT2D eigenvalue weighted by Gasteiger charge is -2.00. The molecule has 10 heavy (non-hydrogen) atoms. The highest BCUT2D eigenvalue weighted by Gasteiger charge is 1.92. The lowest BCUT2D eigenvalue weighted by atomic mass is 10.3. The molecule has 0 unspecified atom stereocenters. The lowest BCUT2D eigenvalue weighted by molar-refractivity contribution is 0.413. The zero-order chi connectivity index (χ0) is 7.40. The van der Waals surface area contributed by atoms with E-state index in [1.165, 1.54) is 0 Å². The van der Waals surface area contributed by atoms with Crippen LogP contribution in [0.1, 0.15) is 0 Å². The Morgan fingerprint density at radius 3 is 2.60 bits per heavy atom. The van der Waals surface area contributed by atoms with Crippen LogP contribution in [0, 0.1) is 0 Å². The Morgan fingerprint density at radius 1 is 1.30 bits per heavy atom. The molecule has 0 fully saturated rings. The fraction of sp³-hybridized carbons (Fsp3) is 0.143. The quantitative estimate of drug-likeness (QED) is 0.521. The molecule has 0 saturated carbocycles. The van der Waals surface area contributed by atoms with E-state index in [0.29, 0.717) is 5.75 Å². The second-order valence-corrected chi connectivity index (χ2v) is 1.95. The molecule has 0 heterocycles. The fourth-order valence-corrected chi connectivity index (χ4v) is 0.772. The molecule has 2 nitrogen and oxygen atoms in total. The van der Waals surface area contributed by atoms with Crippen LogP contribution in [0.4, 0.5) is 0 Å². The predicted molar refractivity (Wildman–Crippen MR) is 42.6 cm³/mol. The molecule has 0 saturated heterocycles. The molecular weight excluding hydrogens is 148 g/mol. The third-order valence-corrected chi connectivity index (χ3v) is 1.36. The van der Waals surface area contributed by atoms with Crippen molar-refractivity contribution in [1.82, 2.24) is 0 Å². The van der Waals surface area contributed by atoms with Gasteiger partial charge in [0.2, 0.25) is 0 Å². The van der Waals surface area contributed by atoms with E-state index in [9.17, 15) is 0 Å². The Labute approximate surface area is 65.4 Å². The van der Waals surface area contributed by atoms with Crippen molar-refractivity contribution in [2.45, 2.75) is 0 Å². The molecule has 0 aliphatic rings. The van der Waals surface area contributed by atoms with E-state index in [-0.39, 0.29) is 0 Å². The number of rotatable bonds is 2. The molecule has 3 heteroatoms. The summed E-state index contributed by atoms with van der Waals surface area (Å²) in [5.41, 5.74) is 0. The van der Waals surface area contributed by atoms with Gasteiger partial charge < -0.3 is 8.92 Å². The molecule has 0 aliphatic carbocycles. The summed E-state index contributed by atoms with van der Waals surface area (Å²) in [5, 5.41) is 0. The van der Waals surface area contributed by atoms with Crippen LogP contribution in [0.2, 0.25) is 0 Å². The summed E-state index contributed by atoms with van der Waals surface area (Å²) in [6.07, 6.45) is 0. The third kappa shape index (κ3) is 1.57. The molecule has 0 aromatic heterocycles. The third-order valence-electron chi connectivity index (χ3n) is 1.15. The van der Waals surface area contributed by atoms with Gasteiger partial charge in [0, 0.05) is 19.0 Å². The minimum absolute atomic E-state index is 0.683. The van der Waals surface area contributed by atoms with Crippen molar-refractivity contribution in [1.29, 1.82) is 0 Å². The largest absolute Gasteiger partial charge is 0.497 e. The van der Waals surface area contributed by atoms with Crippen LogP contribution in [-0.4, -0.2) is 7.11 Å². The van der Waals surface area contributed by atoms with Gasteiger partial charge in [-0.2, -0.15) is 0 Å². The zero-order valence-electron chi connectivity index (χ0n) is 5.57. The van der Waals surface area contributed by atoms with Crippen LogP contribution in [-0.2, 0) is 0 Å². The highest BCUT2D eigenvalue weighted by atomic mass is 32.1. The van der Waals surface area contributed by atoms with Crippen LogP contribution in [0.3, 0.4) is 0 Å². The summed E-state index contributed by atoms with van der Waals surface area (Å²) in [6, 6.07) is 7.24. The number of benzene rings is 1. The van der Waals surface area contributed by atoms with Gasteiger partial charge in [-0.25, -0.2) is 0 Å². The zero-order valence-corrected chi connectivity index (χ0v) is 6.47. The monoisotopic (exact) mass is 156 g/mol. The molecule has 0 N–H and O–H groups in total. The number of methoxy groups -OCH3 is 1. The summed E-state index contributed by atoms with van der Waals surface area (Å²) in [6.45, 7) is 0. The molecule has 1 aromatic carbocycles. The molecular formula is C7H8O2S. The molecule has 1 rings (SSSR count). The Bertz CT molecular complexity index is 193. The summed E-state index contributed by atoms with van der Waals surface area (Å²) in [4.78, 5) is 0. The first-order chi connectivity index (χ1) is 4.86. The molecule has 0 bridgehead atoms. The summed E-state index contributed by atoms with van der Waals surface area (Å²) >= 11 is 3.64. The summed E-state index contributed by atoms with van der Waals surface area (Å²) < 4.78 is 9.61. The van der Waals surface area contributed by atoms with Gasteiger partial charge in [0.25, 0.3) is 0 Å². The lowest BCUT2D eigenvalue weighted by Crippen LogP contribution is -1.81. The van der Waals surface area contributed by atoms with Gasteiger partial charge in [-0.1, -0.05) is 6.07 Å². The average molecular weight is 156 g/mol. The van der Waals surface area contributed by atoms with Crippen molar-refractivity contribution in [2.75, 3.05) is 7.11 Å². The van der Waals surface area contributed by atoms with E-state index in [4.69, 9.17) is 4.74 Å². The molecule has 0 amide bonds. The number of hydrogen-bond donors (Lipinski definition) is 1. The minimum atomic E-state index is 0.683. The Balaban J connectivity index is 2.87. The van der Waals surface area contributed by atoms with Gasteiger partial charge in [0.05, 0.1) is 7.11 Å². The smallest absolute Gasteiger partial charge is 0.140 e. The molecule has 0 atom stereocenters. The number of hydrogen-bond acceptors (Lipinski definition) is 3. The standard InChI is InChI=1S/C7H8O2S/c1-8-6-3-2-4-7(5-6)9-10/h2-5,10H,1H3. The number of ether oxygens (including phenoxy) is 1. The van der Waals surface area contributed by atoms with E-state index in [1.807, 2.05) is 12.1 Å². The maximum Gasteiger partial charge on any atom is 0.140 e. The second kappa shape index (κ2) is 3.37. The van der Waals surface area contributed by atoms with Crippen molar-refractivity contribution < 1.29 is 8.92 Å².